The molecular weight excluding hydrogens is 290 g/mol. The number of rotatable bonds is 6. The lowest BCUT2D eigenvalue weighted by molar-refractivity contribution is 0.0789. The third-order valence-electron chi connectivity index (χ3n) is 3.15. The van der Waals surface area contributed by atoms with E-state index in [0.29, 0.717) is 6.04 Å². The van der Waals surface area contributed by atoms with Crippen molar-refractivity contribution in [2.45, 2.75) is 46.2 Å². The van der Waals surface area contributed by atoms with Crippen LogP contribution in [0.5, 0.6) is 0 Å². The quantitative estimate of drug-likeness (QED) is 0.736. The molecule has 0 radical (unpaired) electrons. The van der Waals surface area contributed by atoms with Gasteiger partial charge in [-0.2, -0.15) is 0 Å². The summed E-state index contributed by atoms with van der Waals surface area (Å²) >= 11 is 3.39. The first-order valence-electron chi connectivity index (χ1n) is 6.52. The normalized spacial score (nSPS) is 13.1. The monoisotopic (exact) mass is 311 g/mol. The number of Topliss-reactive ketones (excluding diaryl/α,β-unsaturated/α-hetero) is 1. The minimum Gasteiger partial charge on any atom is -0.292 e. The molecule has 1 aromatic carbocycles. The van der Waals surface area contributed by atoms with Gasteiger partial charge >= 0.3 is 0 Å². The fourth-order valence-electron chi connectivity index (χ4n) is 2.16. The van der Waals surface area contributed by atoms with Crippen LogP contribution in [0.3, 0.4) is 0 Å². The van der Waals surface area contributed by atoms with E-state index in [9.17, 15) is 4.79 Å². The van der Waals surface area contributed by atoms with E-state index < -0.39 is 0 Å². The largest absolute Gasteiger partial charge is 0.292 e. The Morgan fingerprint density at radius 1 is 1.22 bits per heavy atom. The smallest absolute Gasteiger partial charge is 0.179 e. The van der Waals surface area contributed by atoms with Crippen LogP contribution in [0, 0.1) is 0 Å². The second-order valence-corrected chi connectivity index (χ2v) is 5.79. The molecular formula is C15H22BrNO. The molecule has 1 aromatic rings. The van der Waals surface area contributed by atoms with E-state index >= 15 is 0 Å². The van der Waals surface area contributed by atoms with E-state index in [1.54, 1.807) is 0 Å². The number of carbonyl (C=O) groups excluding carboxylic acids is 1. The average Bonchev–Trinajstić information content (AvgIpc) is 2.35. The molecule has 0 aliphatic heterocycles. The fraction of sp³-hybridized carbons (Fsp3) is 0.533. The van der Waals surface area contributed by atoms with Gasteiger partial charge in [-0.25, -0.2) is 0 Å². The summed E-state index contributed by atoms with van der Waals surface area (Å²) in [6.07, 6.45) is 1.07. The molecule has 2 nitrogen and oxygen atoms in total. The molecule has 1 unspecified atom stereocenters. The highest BCUT2D eigenvalue weighted by atomic mass is 79.9. The van der Waals surface area contributed by atoms with Crippen molar-refractivity contribution in [3.8, 4) is 0 Å². The van der Waals surface area contributed by atoms with Crippen LogP contribution >= 0.6 is 15.9 Å². The van der Waals surface area contributed by atoms with E-state index in [4.69, 9.17) is 0 Å². The van der Waals surface area contributed by atoms with Crippen LogP contribution < -0.4 is 0 Å². The highest BCUT2D eigenvalue weighted by Crippen LogP contribution is 2.15. The number of ketones is 1. The molecule has 0 fully saturated rings. The van der Waals surface area contributed by atoms with E-state index in [1.165, 1.54) is 0 Å². The van der Waals surface area contributed by atoms with E-state index in [-0.39, 0.29) is 11.8 Å². The highest BCUT2D eigenvalue weighted by Gasteiger charge is 2.23. The van der Waals surface area contributed by atoms with Gasteiger partial charge in [0.2, 0.25) is 0 Å². The molecule has 1 rings (SSSR count). The molecule has 0 aliphatic carbocycles. The number of benzene rings is 1. The highest BCUT2D eigenvalue weighted by molar-refractivity contribution is 9.10. The second kappa shape index (κ2) is 7.05. The Balaban J connectivity index is 2.84. The zero-order valence-corrected chi connectivity index (χ0v) is 13.2. The fourth-order valence-corrected chi connectivity index (χ4v) is 2.43. The van der Waals surface area contributed by atoms with Crippen molar-refractivity contribution in [3.05, 3.63) is 34.3 Å². The number of hydrogen-bond donors (Lipinski definition) is 0. The molecule has 0 aromatic heterocycles. The predicted molar refractivity (Wildman–Crippen MR) is 80.1 cm³/mol. The molecule has 0 heterocycles. The second-order valence-electron chi connectivity index (χ2n) is 4.88. The van der Waals surface area contributed by atoms with Gasteiger partial charge in [-0.15, -0.1) is 0 Å². The third-order valence-corrected chi connectivity index (χ3v) is 3.68. The maximum Gasteiger partial charge on any atom is 0.179 e. The van der Waals surface area contributed by atoms with Crippen LogP contribution in [-0.2, 0) is 0 Å². The molecule has 0 amide bonds. The molecule has 0 bridgehead atoms. The Morgan fingerprint density at radius 2 is 1.78 bits per heavy atom. The first-order valence-corrected chi connectivity index (χ1v) is 7.32. The topological polar surface area (TPSA) is 20.3 Å². The molecule has 1 atom stereocenters. The minimum absolute atomic E-state index is 0.0638. The number of carbonyl (C=O) groups is 1. The summed E-state index contributed by atoms with van der Waals surface area (Å²) in [5.74, 6) is 0.199. The van der Waals surface area contributed by atoms with Gasteiger partial charge in [-0.3, -0.25) is 9.69 Å². The van der Waals surface area contributed by atoms with Gasteiger partial charge in [0.15, 0.2) is 5.78 Å². The van der Waals surface area contributed by atoms with Crippen LogP contribution in [-0.4, -0.2) is 29.3 Å². The van der Waals surface area contributed by atoms with Crippen molar-refractivity contribution < 1.29 is 4.79 Å². The summed E-state index contributed by atoms with van der Waals surface area (Å²) in [6, 6.07) is 7.92. The zero-order chi connectivity index (χ0) is 13.7. The van der Waals surface area contributed by atoms with Crippen LogP contribution in [0.1, 0.15) is 44.5 Å². The standard InChI is InChI=1S/C15H22BrNO/c1-5-10-17(11(2)3)12(4)15(18)13-6-8-14(16)9-7-13/h6-9,11-12H,5,10H2,1-4H3. The molecule has 0 spiro atoms. The number of nitrogens with zero attached hydrogens (tertiary/aromatic N) is 1. The van der Waals surface area contributed by atoms with E-state index in [1.807, 2.05) is 31.2 Å². The van der Waals surface area contributed by atoms with Crippen molar-refractivity contribution in [1.82, 2.24) is 4.90 Å². The van der Waals surface area contributed by atoms with Crippen molar-refractivity contribution in [1.29, 1.82) is 0 Å². The van der Waals surface area contributed by atoms with Gasteiger partial charge in [0.25, 0.3) is 0 Å². The third kappa shape index (κ3) is 3.92. The Hall–Kier alpha value is -0.670. The number of hydrogen-bond acceptors (Lipinski definition) is 2. The van der Waals surface area contributed by atoms with Gasteiger partial charge in [-0.05, 0) is 45.9 Å². The first-order chi connectivity index (χ1) is 8.47. The van der Waals surface area contributed by atoms with Gasteiger partial charge < -0.3 is 0 Å². The lowest BCUT2D eigenvalue weighted by Gasteiger charge is -2.31. The lowest BCUT2D eigenvalue weighted by Crippen LogP contribution is -2.43. The van der Waals surface area contributed by atoms with Crippen molar-refractivity contribution in [3.63, 3.8) is 0 Å². The van der Waals surface area contributed by atoms with Crippen LogP contribution in [0.15, 0.2) is 28.7 Å². The first kappa shape index (κ1) is 15.4. The van der Waals surface area contributed by atoms with Gasteiger partial charge in [0.05, 0.1) is 6.04 Å². The van der Waals surface area contributed by atoms with Gasteiger partial charge in [0.1, 0.15) is 0 Å². The zero-order valence-electron chi connectivity index (χ0n) is 11.6. The molecule has 18 heavy (non-hydrogen) atoms. The van der Waals surface area contributed by atoms with Crippen LogP contribution in [0.25, 0.3) is 0 Å². The molecule has 0 N–H and O–H groups in total. The Kier molecular flexibility index (Phi) is 6.03. The Labute approximate surface area is 119 Å². The van der Waals surface area contributed by atoms with Gasteiger partial charge in [0, 0.05) is 16.1 Å². The van der Waals surface area contributed by atoms with Crippen LogP contribution in [0.2, 0.25) is 0 Å². The summed E-state index contributed by atoms with van der Waals surface area (Å²) in [6.45, 7) is 9.38. The van der Waals surface area contributed by atoms with Crippen molar-refractivity contribution in [2.24, 2.45) is 0 Å². The van der Waals surface area contributed by atoms with E-state index in [0.717, 1.165) is 23.0 Å². The SMILES string of the molecule is CCCN(C(C)C)C(C)C(=O)c1ccc(Br)cc1. The molecule has 3 heteroatoms. The lowest BCUT2D eigenvalue weighted by atomic mass is 10.0. The average molecular weight is 312 g/mol. The van der Waals surface area contributed by atoms with Crippen molar-refractivity contribution >= 4 is 21.7 Å². The molecule has 0 saturated carbocycles. The molecule has 100 valence electrons. The van der Waals surface area contributed by atoms with Crippen molar-refractivity contribution in [2.75, 3.05) is 6.54 Å². The summed E-state index contributed by atoms with van der Waals surface area (Å²) in [7, 11) is 0. The Morgan fingerprint density at radius 3 is 2.22 bits per heavy atom. The predicted octanol–water partition coefficient (Wildman–Crippen LogP) is 4.14. The number of halogens is 1. The summed E-state index contributed by atoms with van der Waals surface area (Å²) < 4.78 is 1.00. The summed E-state index contributed by atoms with van der Waals surface area (Å²) in [5, 5.41) is 0. The van der Waals surface area contributed by atoms with Gasteiger partial charge in [-0.1, -0.05) is 35.0 Å². The molecule has 0 aliphatic rings. The molecule has 0 saturated heterocycles. The summed E-state index contributed by atoms with van der Waals surface area (Å²) in [4.78, 5) is 14.7. The summed E-state index contributed by atoms with van der Waals surface area (Å²) in [5.41, 5.74) is 0.785. The van der Waals surface area contributed by atoms with E-state index in [2.05, 4.69) is 41.6 Å². The maximum atomic E-state index is 12.4. The van der Waals surface area contributed by atoms with Crippen LogP contribution in [0.4, 0.5) is 0 Å². The maximum absolute atomic E-state index is 12.4. The Bertz CT molecular complexity index is 386. The minimum atomic E-state index is -0.0638.